The molecular weight excluding hydrogens is 364 g/mol. The summed E-state index contributed by atoms with van der Waals surface area (Å²) in [6, 6.07) is 21.0. The summed E-state index contributed by atoms with van der Waals surface area (Å²) >= 11 is 0. The zero-order chi connectivity index (χ0) is 20.1. The maximum atomic E-state index is 13.3. The van der Waals surface area contributed by atoms with Crippen LogP contribution in [0.15, 0.2) is 77.7 Å². The van der Waals surface area contributed by atoms with Gasteiger partial charge in [0.05, 0.1) is 5.69 Å². The van der Waals surface area contributed by atoms with Crippen LogP contribution < -0.4 is 10.9 Å². The number of pyridine rings is 1. The Balaban J connectivity index is 1.77. The van der Waals surface area contributed by atoms with E-state index in [1.54, 1.807) is 10.8 Å². The molecule has 0 saturated heterocycles. The number of anilines is 1. The molecule has 0 aliphatic carbocycles. The Labute approximate surface area is 167 Å². The molecule has 0 aliphatic rings. The predicted molar refractivity (Wildman–Crippen MR) is 114 cm³/mol. The molecular formula is C23H20N4O2. The monoisotopic (exact) mass is 384 g/mol. The number of fused-ring (bicyclic) bond motifs is 1. The van der Waals surface area contributed by atoms with Crippen LogP contribution in [0.5, 0.6) is 0 Å². The van der Waals surface area contributed by atoms with Crippen LogP contribution in [0.25, 0.3) is 16.9 Å². The van der Waals surface area contributed by atoms with Crippen LogP contribution in [0.2, 0.25) is 0 Å². The molecule has 0 fully saturated rings. The van der Waals surface area contributed by atoms with Crippen LogP contribution in [0.1, 0.15) is 17.7 Å². The number of nitrogens with one attached hydrogen (secondary N) is 1. The van der Waals surface area contributed by atoms with Crippen molar-refractivity contribution in [2.24, 2.45) is 0 Å². The van der Waals surface area contributed by atoms with Crippen LogP contribution in [-0.4, -0.2) is 27.4 Å². The average Bonchev–Trinajstić information content (AvgIpc) is 2.76. The topological polar surface area (TPSA) is 76.9 Å². The summed E-state index contributed by atoms with van der Waals surface area (Å²) < 4.78 is 1.61. The summed E-state index contributed by atoms with van der Waals surface area (Å²) in [6.45, 7) is 0.573. The number of rotatable bonds is 7. The van der Waals surface area contributed by atoms with Crippen molar-refractivity contribution >= 4 is 23.1 Å². The van der Waals surface area contributed by atoms with Crippen molar-refractivity contribution in [3.05, 3.63) is 94.5 Å². The third-order valence-corrected chi connectivity index (χ3v) is 4.61. The van der Waals surface area contributed by atoms with Gasteiger partial charge in [-0.3, -0.25) is 9.36 Å². The van der Waals surface area contributed by atoms with Crippen molar-refractivity contribution in [1.82, 2.24) is 14.5 Å². The van der Waals surface area contributed by atoms with Crippen molar-refractivity contribution < 1.29 is 4.79 Å². The molecule has 4 aromatic rings. The molecule has 0 bridgehead atoms. The van der Waals surface area contributed by atoms with Gasteiger partial charge in [-0.1, -0.05) is 30.3 Å². The second-order valence-electron chi connectivity index (χ2n) is 6.64. The number of aldehydes is 1. The van der Waals surface area contributed by atoms with Crippen molar-refractivity contribution in [2.45, 2.75) is 12.8 Å². The fourth-order valence-corrected chi connectivity index (χ4v) is 3.21. The number of aromatic nitrogens is 3. The van der Waals surface area contributed by atoms with Gasteiger partial charge in [-0.25, -0.2) is 9.97 Å². The van der Waals surface area contributed by atoms with E-state index in [1.165, 1.54) is 0 Å². The quantitative estimate of drug-likeness (QED) is 0.390. The minimum atomic E-state index is -0.179. The summed E-state index contributed by atoms with van der Waals surface area (Å²) in [5.74, 6) is 0. The van der Waals surface area contributed by atoms with E-state index in [2.05, 4.69) is 15.3 Å². The van der Waals surface area contributed by atoms with E-state index in [0.29, 0.717) is 36.2 Å². The summed E-state index contributed by atoms with van der Waals surface area (Å²) in [7, 11) is 0. The Hall–Kier alpha value is -3.80. The van der Waals surface area contributed by atoms with E-state index in [1.807, 2.05) is 66.7 Å². The van der Waals surface area contributed by atoms with Gasteiger partial charge in [0.15, 0.2) is 5.65 Å². The third kappa shape index (κ3) is 4.06. The fourth-order valence-electron chi connectivity index (χ4n) is 3.21. The van der Waals surface area contributed by atoms with Gasteiger partial charge in [-0.15, -0.1) is 0 Å². The highest BCUT2D eigenvalue weighted by molar-refractivity contribution is 5.72. The normalized spacial score (nSPS) is 10.8. The summed E-state index contributed by atoms with van der Waals surface area (Å²) in [6.07, 6.45) is 3.44. The van der Waals surface area contributed by atoms with Gasteiger partial charge in [0.1, 0.15) is 17.5 Å². The Morgan fingerprint density at radius 2 is 1.76 bits per heavy atom. The Morgan fingerprint density at radius 3 is 2.52 bits per heavy atom. The van der Waals surface area contributed by atoms with E-state index in [-0.39, 0.29) is 5.56 Å². The van der Waals surface area contributed by atoms with Gasteiger partial charge < -0.3 is 10.1 Å². The van der Waals surface area contributed by atoms with Crippen LogP contribution in [-0.2, 0) is 11.2 Å². The van der Waals surface area contributed by atoms with E-state index in [4.69, 9.17) is 0 Å². The molecule has 2 aromatic carbocycles. The molecule has 0 amide bonds. The zero-order valence-corrected chi connectivity index (χ0v) is 15.8. The molecule has 0 spiro atoms. The number of carbonyl (C=O) groups is 1. The van der Waals surface area contributed by atoms with Crippen molar-refractivity contribution in [3.8, 4) is 5.69 Å². The van der Waals surface area contributed by atoms with Crippen LogP contribution >= 0.6 is 0 Å². The molecule has 0 saturated carbocycles. The zero-order valence-electron chi connectivity index (χ0n) is 15.8. The minimum absolute atomic E-state index is 0.179. The SMILES string of the molecule is O=CCCNc1ccc(-n2c(=O)c(Cc3ccccc3)nc3cccnc32)cc1. The summed E-state index contributed by atoms with van der Waals surface area (Å²) in [5.41, 5.74) is 4.13. The molecule has 0 radical (unpaired) electrons. The van der Waals surface area contributed by atoms with E-state index < -0.39 is 0 Å². The Morgan fingerprint density at radius 1 is 0.966 bits per heavy atom. The molecule has 0 aliphatic heterocycles. The molecule has 6 nitrogen and oxygen atoms in total. The Kier molecular flexibility index (Phi) is 5.42. The van der Waals surface area contributed by atoms with Gasteiger partial charge in [-0.05, 0) is 42.0 Å². The average molecular weight is 384 g/mol. The smallest absolute Gasteiger partial charge is 0.278 e. The number of benzene rings is 2. The van der Waals surface area contributed by atoms with Gasteiger partial charge in [0.25, 0.3) is 5.56 Å². The predicted octanol–water partition coefficient (Wildman–Crippen LogP) is 3.37. The largest absolute Gasteiger partial charge is 0.385 e. The number of carbonyl (C=O) groups excluding carboxylic acids is 1. The maximum absolute atomic E-state index is 13.3. The molecule has 2 heterocycles. The van der Waals surface area contributed by atoms with Gasteiger partial charge in [0.2, 0.25) is 0 Å². The second-order valence-corrected chi connectivity index (χ2v) is 6.64. The van der Waals surface area contributed by atoms with E-state index in [0.717, 1.165) is 23.2 Å². The lowest BCUT2D eigenvalue weighted by molar-refractivity contribution is -0.107. The van der Waals surface area contributed by atoms with Crippen molar-refractivity contribution in [1.29, 1.82) is 0 Å². The van der Waals surface area contributed by atoms with Crippen molar-refractivity contribution in [2.75, 3.05) is 11.9 Å². The van der Waals surface area contributed by atoms with Crippen molar-refractivity contribution in [3.63, 3.8) is 0 Å². The molecule has 0 atom stereocenters. The van der Waals surface area contributed by atoms with Gasteiger partial charge >= 0.3 is 0 Å². The minimum Gasteiger partial charge on any atom is -0.385 e. The molecule has 1 N–H and O–H groups in total. The molecule has 6 heteroatoms. The highest BCUT2D eigenvalue weighted by Gasteiger charge is 2.14. The summed E-state index contributed by atoms with van der Waals surface area (Å²) in [4.78, 5) is 32.7. The molecule has 0 unspecified atom stereocenters. The lowest BCUT2D eigenvalue weighted by atomic mass is 10.1. The van der Waals surface area contributed by atoms with Crippen LogP contribution in [0, 0.1) is 0 Å². The van der Waals surface area contributed by atoms with Gasteiger partial charge in [0, 0.05) is 31.3 Å². The first-order valence-electron chi connectivity index (χ1n) is 9.45. The molecule has 29 heavy (non-hydrogen) atoms. The van der Waals surface area contributed by atoms with Crippen LogP contribution in [0.3, 0.4) is 0 Å². The maximum Gasteiger partial charge on any atom is 0.278 e. The lowest BCUT2D eigenvalue weighted by Crippen LogP contribution is -2.25. The number of hydrogen-bond acceptors (Lipinski definition) is 5. The Bertz CT molecular complexity index is 1190. The van der Waals surface area contributed by atoms with E-state index >= 15 is 0 Å². The summed E-state index contributed by atoms with van der Waals surface area (Å²) in [5, 5.41) is 3.17. The molecule has 144 valence electrons. The highest BCUT2D eigenvalue weighted by Crippen LogP contribution is 2.17. The van der Waals surface area contributed by atoms with Gasteiger partial charge in [-0.2, -0.15) is 0 Å². The fraction of sp³-hybridized carbons (Fsp3) is 0.130. The first-order chi connectivity index (χ1) is 14.3. The number of nitrogens with zero attached hydrogens (tertiary/aromatic N) is 3. The highest BCUT2D eigenvalue weighted by atomic mass is 16.1. The number of hydrogen-bond donors (Lipinski definition) is 1. The first kappa shape index (κ1) is 18.6. The second kappa shape index (κ2) is 8.48. The molecule has 4 rings (SSSR count). The first-order valence-corrected chi connectivity index (χ1v) is 9.45. The standard InChI is InChI=1S/C23H20N4O2/c28-15-5-14-24-18-9-11-19(12-10-18)27-22-20(8-4-13-25-22)26-21(23(27)29)16-17-6-2-1-3-7-17/h1-4,6-13,15,24H,5,14,16H2. The van der Waals surface area contributed by atoms with Crippen LogP contribution in [0.4, 0.5) is 5.69 Å². The third-order valence-electron chi connectivity index (χ3n) is 4.61. The lowest BCUT2D eigenvalue weighted by Gasteiger charge is -2.12. The van der Waals surface area contributed by atoms with E-state index in [9.17, 15) is 9.59 Å². The molecule has 2 aromatic heterocycles.